The van der Waals surface area contributed by atoms with Gasteiger partial charge in [-0.25, -0.2) is 0 Å². The summed E-state index contributed by atoms with van der Waals surface area (Å²) >= 11 is 0. The van der Waals surface area contributed by atoms with Crippen molar-refractivity contribution >= 4 is 11.6 Å². The van der Waals surface area contributed by atoms with E-state index in [1.165, 1.54) is 0 Å². The van der Waals surface area contributed by atoms with Crippen molar-refractivity contribution in [2.75, 3.05) is 24.5 Å². The molecule has 2 saturated heterocycles. The van der Waals surface area contributed by atoms with Crippen LogP contribution in [0, 0.1) is 5.41 Å². The summed E-state index contributed by atoms with van der Waals surface area (Å²) in [6.07, 6.45) is 6.63. The minimum atomic E-state index is -0.0132. The number of hydrogen-bond donors (Lipinski definition) is 1. The van der Waals surface area contributed by atoms with Crippen molar-refractivity contribution in [2.24, 2.45) is 18.2 Å². The third-order valence-electron chi connectivity index (χ3n) is 5.20. The Balaban J connectivity index is 1.75. The van der Waals surface area contributed by atoms with Crippen LogP contribution in [-0.2, 0) is 11.8 Å². The average Bonchev–Trinajstić information content (AvgIpc) is 2.88. The number of nitrogens with zero attached hydrogens (tertiary/aromatic N) is 4. The molecule has 2 unspecified atom stereocenters. The molecule has 3 heterocycles. The van der Waals surface area contributed by atoms with Crippen molar-refractivity contribution in [2.45, 2.75) is 45.2 Å². The normalized spacial score (nSPS) is 29.8. The number of aromatic nitrogens is 2. The van der Waals surface area contributed by atoms with Crippen molar-refractivity contribution in [3.8, 4) is 0 Å². The highest BCUT2D eigenvalue weighted by Gasteiger charge is 2.40. The number of amides is 1. The molecule has 3 rings (SSSR count). The zero-order chi connectivity index (χ0) is 15.9. The van der Waals surface area contributed by atoms with E-state index in [1.54, 1.807) is 10.9 Å². The molecule has 1 aromatic rings. The molecule has 2 atom stereocenters. The van der Waals surface area contributed by atoms with Crippen LogP contribution >= 0.6 is 0 Å². The molecule has 0 aliphatic carbocycles. The minimum Gasteiger partial charge on any atom is -0.327 e. The zero-order valence-electron chi connectivity index (χ0n) is 13.8. The van der Waals surface area contributed by atoms with Crippen molar-refractivity contribution in [1.82, 2.24) is 14.7 Å². The van der Waals surface area contributed by atoms with Gasteiger partial charge in [-0.1, -0.05) is 13.8 Å². The maximum atomic E-state index is 12.9. The molecular weight excluding hydrogens is 278 g/mol. The van der Waals surface area contributed by atoms with Gasteiger partial charge in [-0.2, -0.15) is 5.10 Å². The van der Waals surface area contributed by atoms with Gasteiger partial charge in [0.15, 0.2) is 0 Å². The fourth-order valence-corrected chi connectivity index (χ4v) is 3.68. The molecule has 2 fully saturated rings. The molecule has 22 heavy (non-hydrogen) atoms. The average molecular weight is 305 g/mol. The van der Waals surface area contributed by atoms with Gasteiger partial charge in [-0.3, -0.25) is 14.4 Å². The van der Waals surface area contributed by atoms with Crippen LogP contribution in [0.3, 0.4) is 0 Å². The highest BCUT2D eigenvalue weighted by atomic mass is 16.2. The first-order valence-electron chi connectivity index (χ1n) is 8.18. The molecule has 6 nitrogen and oxygen atoms in total. The third-order valence-corrected chi connectivity index (χ3v) is 5.20. The Labute approximate surface area is 132 Å². The lowest BCUT2D eigenvalue weighted by Gasteiger charge is -2.47. The molecule has 0 bridgehead atoms. The van der Waals surface area contributed by atoms with Gasteiger partial charge in [0.1, 0.15) is 0 Å². The van der Waals surface area contributed by atoms with Gasteiger partial charge in [-0.05, 0) is 24.7 Å². The SMILES string of the molecule is Cn1cc(N2CCCC(N3CCC(N)C(C)(C)C3)C2=O)cn1. The second-order valence-electron chi connectivity index (χ2n) is 7.37. The van der Waals surface area contributed by atoms with E-state index in [-0.39, 0.29) is 23.4 Å². The lowest BCUT2D eigenvalue weighted by molar-refractivity contribution is -0.126. The standard InChI is InChI=1S/C16H27N5O/c1-16(2)11-20(8-6-14(16)17)13-5-4-7-21(15(13)22)12-9-18-19(3)10-12/h9-10,13-14H,4-8,11,17H2,1-3H3. The largest absolute Gasteiger partial charge is 0.327 e. The van der Waals surface area contributed by atoms with Crippen LogP contribution in [0.5, 0.6) is 0 Å². The minimum absolute atomic E-state index is 0.0132. The smallest absolute Gasteiger partial charge is 0.244 e. The number of carbonyl (C=O) groups is 1. The Kier molecular flexibility index (Phi) is 3.99. The van der Waals surface area contributed by atoms with E-state index >= 15 is 0 Å². The Morgan fingerprint density at radius 1 is 1.32 bits per heavy atom. The first-order valence-corrected chi connectivity index (χ1v) is 8.18. The fourth-order valence-electron chi connectivity index (χ4n) is 3.68. The van der Waals surface area contributed by atoms with E-state index in [9.17, 15) is 4.79 Å². The van der Waals surface area contributed by atoms with Gasteiger partial charge in [0.25, 0.3) is 0 Å². The van der Waals surface area contributed by atoms with Crippen LogP contribution < -0.4 is 10.6 Å². The third kappa shape index (κ3) is 2.77. The fraction of sp³-hybridized carbons (Fsp3) is 0.750. The molecule has 0 aromatic carbocycles. The Hall–Kier alpha value is -1.40. The summed E-state index contributed by atoms with van der Waals surface area (Å²) in [6, 6.07) is 0.206. The maximum Gasteiger partial charge on any atom is 0.244 e. The van der Waals surface area contributed by atoms with Crippen LogP contribution in [0.2, 0.25) is 0 Å². The first-order chi connectivity index (χ1) is 10.4. The highest BCUT2D eigenvalue weighted by Crippen LogP contribution is 2.32. The van der Waals surface area contributed by atoms with E-state index in [0.717, 1.165) is 44.6 Å². The molecular formula is C16H27N5O. The predicted molar refractivity (Wildman–Crippen MR) is 86.5 cm³/mol. The molecule has 6 heteroatoms. The number of nitrogens with two attached hydrogens (primary N) is 1. The number of rotatable bonds is 2. The molecule has 0 radical (unpaired) electrons. The Morgan fingerprint density at radius 2 is 2.09 bits per heavy atom. The van der Waals surface area contributed by atoms with Gasteiger partial charge in [0, 0.05) is 38.9 Å². The molecule has 2 aliphatic rings. The molecule has 122 valence electrons. The zero-order valence-corrected chi connectivity index (χ0v) is 13.8. The summed E-state index contributed by atoms with van der Waals surface area (Å²) in [5, 5.41) is 4.19. The van der Waals surface area contributed by atoms with Crippen molar-refractivity contribution in [3.05, 3.63) is 12.4 Å². The monoisotopic (exact) mass is 305 g/mol. The number of piperidine rings is 2. The van der Waals surface area contributed by atoms with Crippen LogP contribution in [0.1, 0.15) is 33.1 Å². The Morgan fingerprint density at radius 3 is 2.73 bits per heavy atom. The van der Waals surface area contributed by atoms with Gasteiger partial charge >= 0.3 is 0 Å². The summed E-state index contributed by atoms with van der Waals surface area (Å²) < 4.78 is 1.75. The van der Waals surface area contributed by atoms with Gasteiger partial charge in [0.05, 0.1) is 17.9 Å². The highest BCUT2D eigenvalue weighted by molar-refractivity contribution is 5.97. The number of hydrogen-bond acceptors (Lipinski definition) is 4. The molecule has 1 amide bonds. The molecule has 1 aromatic heterocycles. The van der Waals surface area contributed by atoms with Crippen molar-refractivity contribution in [3.63, 3.8) is 0 Å². The molecule has 0 saturated carbocycles. The quantitative estimate of drug-likeness (QED) is 0.884. The summed E-state index contributed by atoms with van der Waals surface area (Å²) in [4.78, 5) is 17.2. The number of aryl methyl sites for hydroxylation is 1. The lowest BCUT2D eigenvalue weighted by atomic mass is 9.79. The summed E-state index contributed by atoms with van der Waals surface area (Å²) in [6.45, 7) is 7.01. The number of likely N-dealkylation sites (tertiary alicyclic amines) is 1. The van der Waals surface area contributed by atoms with Crippen LogP contribution in [0.4, 0.5) is 5.69 Å². The topological polar surface area (TPSA) is 67.4 Å². The van der Waals surface area contributed by atoms with Gasteiger partial charge < -0.3 is 10.6 Å². The molecule has 0 spiro atoms. The van der Waals surface area contributed by atoms with Crippen molar-refractivity contribution < 1.29 is 4.79 Å². The second-order valence-corrected chi connectivity index (χ2v) is 7.37. The molecule has 2 N–H and O–H groups in total. The first kappa shape index (κ1) is 15.5. The van der Waals surface area contributed by atoms with Gasteiger partial charge in [0.2, 0.25) is 5.91 Å². The van der Waals surface area contributed by atoms with Crippen LogP contribution in [-0.4, -0.2) is 52.3 Å². The van der Waals surface area contributed by atoms with E-state index in [2.05, 4.69) is 23.8 Å². The Bertz CT molecular complexity index is 552. The summed E-state index contributed by atoms with van der Waals surface area (Å²) in [7, 11) is 1.88. The number of carbonyl (C=O) groups excluding carboxylic acids is 1. The van der Waals surface area contributed by atoms with Crippen LogP contribution in [0.15, 0.2) is 12.4 Å². The second kappa shape index (κ2) is 5.66. The lowest BCUT2D eigenvalue weighted by Crippen LogP contribution is -2.60. The predicted octanol–water partition coefficient (Wildman–Crippen LogP) is 0.975. The van der Waals surface area contributed by atoms with Gasteiger partial charge in [-0.15, -0.1) is 0 Å². The van der Waals surface area contributed by atoms with E-state index in [4.69, 9.17) is 5.73 Å². The summed E-state index contributed by atoms with van der Waals surface area (Å²) in [5.41, 5.74) is 7.20. The molecule has 2 aliphatic heterocycles. The number of anilines is 1. The van der Waals surface area contributed by atoms with Crippen LogP contribution in [0.25, 0.3) is 0 Å². The van der Waals surface area contributed by atoms with E-state index in [1.807, 2.05) is 18.1 Å². The summed E-state index contributed by atoms with van der Waals surface area (Å²) in [5.74, 6) is 0.213. The van der Waals surface area contributed by atoms with E-state index < -0.39 is 0 Å². The van der Waals surface area contributed by atoms with Crippen molar-refractivity contribution in [1.29, 1.82) is 0 Å². The maximum absolute atomic E-state index is 12.9. The van der Waals surface area contributed by atoms with E-state index in [0.29, 0.717) is 0 Å².